The fraction of sp³-hybridized carbons (Fsp3) is 0.500. The molecule has 0 aliphatic heterocycles. The normalized spacial score (nSPS) is 12.5. The summed E-state index contributed by atoms with van der Waals surface area (Å²) in [6.07, 6.45) is 3.29. The number of halogens is 2. The molecule has 1 aromatic heterocycles. The second-order valence-electron chi connectivity index (χ2n) is 3.06. The van der Waals surface area contributed by atoms with Gasteiger partial charge >= 0.3 is 0 Å². The molecule has 14 heavy (non-hydrogen) atoms. The minimum Gasteiger partial charge on any atom is -0.365 e. The highest BCUT2D eigenvalue weighted by Gasteiger charge is 2.08. The average molecular weight is 217 g/mol. The van der Waals surface area contributed by atoms with E-state index in [1.54, 1.807) is 12.3 Å². The van der Waals surface area contributed by atoms with Gasteiger partial charge in [-0.3, -0.25) is 0 Å². The second-order valence-corrected chi connectivity index (χ2v) is 3.44. The number of hydrogen-bond acceptors (Lipinski definition) is 2. The Morgan fingerprint density at radius 1 is 1.64 bits per heavy atom. The lowest BCUT2D eigenvalue weighted by molar-refractivity contribution is 0.609. The Bertz CT molecular complexity index is 281. The first-order chi connectivity index (χ1) is 6.77. The molecule has 1 heterocycles. The summed E-state index contributed by atoms with van der Waals surface area (Å²) >= 11 is 5.63. The van der Waals surface area contributed by atoms with E-state index in [4.69, 9.17) is 11.6 Å². The maximum Gasteiger partial charge on any atom is 0.165 e. The molecule has 1 atom stereocenters. The predicted molar refractivity (Wildman–Crippen MR) is 57.2 cm³/mol. The number of hydrogen-bond donors (Lipinski definition) is 1. The van der Waals surface area contributed by atoms with E-state index < -0.39 is 0 Å². The largest absolute Gasteiger partial charge is 0.365 e. The van der Waals surface area contributed by atoms with Crippen LogP contribution in [0.3, 0.4) is 0 Å². The molecule has 1 rings (SSSR count). The van der Waals surface area contributed by atoms with Gasteiger partial charge in [0.05, 0.1) is 0 Å². The number of nitrogens with zero attached hydrogens (tertiary/aromatic N) is 1. The van der Waals surface area contributed by atoms with E-state index in [1.165, 1.54) is 6.07 Å². The van der Waals surface area contributed by atoms with Crippen LogP contribution in [0, 0.1) is 5.82 Å². The summed E-state index contributed by atoms with van der Waals surface area (Å²) < 4.78 is 13.2. The highest BCUT2D eigenvalue weighted by Crippen LogP contribution is 2.13. The first-order valence-corrected chi connectivity index (χ1v) is 5.24. The van der Waals surface area contributed by atoms with E-state index in [9.17, 15) is 4.39 Å². The topological polar surface area (TPSA) is 24.9 Å². The third-order valence-electron chi connectivity index (χ3n) is 2.05. The standard InChI is InChI=1S/C10H14ClFN2/c1-2-8(5-6-11)14-10-9(12)4-3-7-13-10/h3-4,7-8H,2,5-6H2,1H3,(H,13,14). The van der Waals surface area contributed by atoms with Crippen LogP contribution in [0.4, 0.5) is 10.2 Å². The fourth-order valence-corrected chi connectivity index (χ4v) is 1.46. The molecule has 0 fully saturated rings. The van der Waals surface area contributed by atoms with Crippen LogP contribution in [0.5, 0.6) is 0 Å². The molecule has 0 aliphatic rings. The van der Waals surface area contributed by atoms with Gasteiger partial charge in [0.1, 0.15) is 0 Å². The molecule has 0 saturated heterocycles. The lowest BCUT2D eigenvalue weighted by Gasteiger charge is -2.16. The summed E-state index contributed by atoms with van der Waals surface area (Å²) in [7, 11) is 0. The Morgan fingerprint density at radius 2 is 2.43 bits per heavy atom. The van der Waals surface area contributed by atoms with E-state index >= 15 is 0 Å². The van der Waals surface area contributed by atoms with Crippen LogP contribution >= 0.6 is 11.6 Å². The van der Waals surface area contributed by atoms with Crippen LogP contribution in [0.1, 0.15) is 19.8 Å². The van der Waals surface area contributed by atoms with Crippen LogP contribution in [-0.2, 0) is 0 Å². The number of pyridine rings is 1. The molecule has 2 nitrogen and oxygen atoms in total. The summed E-state index contributed by atoms with van der Waals surface area (Å²) in [5.74, 6) is 0.560. The molecule has 0 spiro atoms. The monoisotopic (exact) mass is 216 g/mol. The zero-order chi connectivity index (χ0) is 10.4. The molecular weight excluding hydrogens is 203 g/mol. The molecule has 78 valence electrons. The molecule has 0 amide bonds. The van der Waals surface area contributed by atoms with E-state index in [0.717, 1.165) is 12.8 Å². The average Bonchev–Trinajstić information content (AvgIpc) is 2.20. The number of aromatic nitrogens is 1. The van der Waals surface area contributed by atoms with Gasteiger partial charge in [-0.15, -0.1) is 11.6 Å². The van der Waals surface area contributed by atoms with Crippen molar-refractivity contribution in [2.24, 2.45) is 0 Å². The third-order valence-corrected chi connectivity index (χ3v) is 2.27. The van der Waals surface area contributed by atoms with Crippen molar-refractivity contribution in [3.63, 3.8) is 0 Å². The van der Waals surface area contributed by atoms with Gasteiger partial charge in [0, 0.05) is 18.1 Å². The Morgan fingerprint density at radius 3 is 3.00 bits per heavy atom. The molecule has 1 N–H and O–H groups in total. The van der Waals surface area contributed by atoms with E-state index in [1.807, 2.05) is 6.92 Å². The van der Waals surface area contributed by atoms with Crippen molar-refractivity contribution in [2.75, 3.05) is 11.2 Å². The van der Waals surface area contributed by atoms with Crippen molar-refractivity contribution in [3.8, 4) is 0 Å². The minimum atomic E-state index is -0.319. The Kier molecular flexibility index (Phi) is 4.66. The lowest BCUT2D eigenvalue weighted by Crippen LogP contribution is -2.20. The zero-order valence-electron chi connectivity index (χ0n) is 8.13. The lowest BCUT2D eigenvalue weighted by atomic mass is 10.2. The number of alkyl halides is 1. The van der Waals surface area contributed by atoms with Crippen LogP contribution < -0.4 is 5.32 Å². The van der Waals surface area contributed by atoms with Gasteiger partial charge < -0.3 is 5.32 Å². The Hall–Kier alpha value is -0.830. The Labute approximate surface area is 88.5 Å². The van der Waals surface area contributed by atoms with Crippen LogP contribution in [0.15, 0.2) is 18.3 Å². The van der Waals surface area contributed by atoms with Gasteiger partial charge in [-0.05, 0) is 25.0 Å². The molecule has 4 heteroatoms. The zero-order valence-corrected chi connectivity index (χ0v) is 8.89. The quantitative estimate of drug-likeness (QED) is 0.766. The molecule has 0 saturated carbocycles. The predicted octanol–water partition coefficient (Wildman–Crippen LogP) is 3.04. The van der Waals surface area contributed by atoms with Crippen molar-refractivity contribution in [2.45, 2.75) is 25.8 Å². The summed E-state index contributed by atoms with van der Waals surface area (Å²) in [6, 6.07) is 3.16. The van der Waals surface area contributed by atoms with Gasteiger partial charge in [0.2, 0.25) is 0 Å². The van der Waals surface area contributed by atoms with Gasteiger partial charge in [-0.1, -0.05) is 6.92 Å². The molecule has 0 aromatic carbocycles. The van der Waals surface area contributed by atoms with Crippen molar-refractivity contribution >= 4 is 17.4 Å². The maximum absolute atomic E-state index is 13.2. The summed E-state index contributed by atoms with van der Waals surface area (Å²) in [6.45, 7) is 2.03. The van der Waals surface area contributed by atoms with Crippen LogP contribution in [-0.4, -0.2) is 16.9 Å². The molecule has 1 aromatic rings. The fourth-order valence-electron chi connectivity index (χ4n) is 1.20. The minimum absolute atomic E-state index is 0.192. The van der Waals surface area contributed by atoms with Crippen molar-refractivity contribution in [3.05, 3.63) is 24.1 Å². The molecule has 0 bridgehead atoms. The number of anilines is 1. The number of rotatable bonds is 5. The van der Waals surface area contributed by atoms with Crippen LogP contribution in [0.25, 0.3) is 0 Å². The molecule has 1 unspecified atom stereocenters. The van der Waals surface area contributed by atoms with Gasteiger partial charge in [0.15, 0.2) is 11.6 Å². The van der Waals surface area contributed by atoms with Crippen molar-refractivity contribution in [1.29, 1.82) is 0 Å². The van der Waals surface area contributed by atoms with Gasteiger partial charge in [-0.2, -0.15) is 0 Å². The highest BCUT2D eigenvalue weighted by molar-refractivity contribution is 6.17. The maximum atomic E-state index is 13.2. The second kappa shape index (κ2) is 5.81. The van der Waals surface area contributed by atoms with E-state index in [-0.39, 0.29) is 11.9 Å². The first kappa shape index (κ1) is 11.2. The Balaban J connectivity index is 2.62. The number of nitrogens with one attached hydrogen (secondary N) is 1. The molecule has 0 radical (unpaired) electrons. The summed E-state index contributed by atoms with van der Waals surface area (Å²) in [5.41, 5.74) is 0. The third kappa shape index (κ3) is 3.14. The van der Waals surface area contributed by atoms with Crippen molar-refractivity contribution in [1.82, 2.24) is 4.98 Å². The van der Waals surface area contributed by atoms with Crippen molar-refractivity contribution < 1.29 is 4.39 Å². The van der Waals surface area contributed by atoms with Gasteiger partial charge in [-0.25, -0.2) is 9.37 Å². The summed E-state index contributed by atoms with van der Waals surface area (Å²) in [4.78, 5) is 3.92. The van der Waals surface area contributed by atoms with Gasteiger partial charge in [0.25, 0.3) is 0 Å². The SMILES string of the molecule is CCC(CCCl)Nc1ncccc1F. The first-order valence-electron chi connectivity index (χ1n) is 4.71. The molecule has 0 aliphatic carbocycles. The highest BCUT2D eigenvalue weighted by atomic mass is 35.5. The van der Waals surface area contributed by atoms with Crippen LogP contribution in [0.2, 0.25) is 0 Å². The van der Waals surface area contributed by atoms with E-state index in [2.05, 4.69) is 10.3 Å². The smallest absolute Gasteiger partial charge is 0.165 e. The van der Waals surface area contributed by atoms with E-state index in [0.29, 0.717) is 11.7 Å². The molecular formula is C10H14ClFN2. The summed E-state index contributed by atoms with van der Waals surface area (Å²) in [5, 5.41) is 3.03.